The van der Waals surface area contributed by atoms with E-state index in [2.05, 4.69) is 24.7 Å². The first-order valence-electron chi connectivity index (χ1n) is 10.4. The number of imidazole rings is 1. The summed E-state index contributed by atoms with van der Waals surface area (Å²) in [5, 5.41) is 6.28. The van der Waals surface area contributed by atoms with Gasteiger partial charge in [-0.25, -0.2) is 17.8 Å². The molecule has 5 rings (SSSR count). The number of aromatic nitrogens is 3. The van der Waals surface area contributed by atoms with E-state index in [9.17, 15) is 17.6 Å². The second-order valence-electron chi connectivity index (χ2n) is 7.64. The number of sulfonamides is 1. The molecule has 0 aliphatic carbocycles. The van der Waals surface area contributed by atoms with Gasteiger partial charge < -0.3 is 9.84 Å². The summed E-state index contributed by atoms with van der Waals surface area (Å²) in [6.07, 6.45) is 1.25. The first-order valence-corrected chi connectivity index (χ1v) is 11.9. The van der Waals surface area contributed by atoms with Crippen molar-refractivity contribution < 1.29 is 22.1 Å². The molecule has 0 spiro atoms. The van der Waals surface area contributed by atoms with Gasteiger partial charge in [-0.1, -0.05) is 5.16 Å². The normalized spacial score (nSPS) is 11.5. The lowest BCUT2D eigenvalue weighted by atomic mass is 10.1. The molecule has 0 bridgehead atoms. The fourth-order valence-corrected chi connectivity index (χ4v) is 4.63. The largest absolute Gasteiger partial charge is 0.363 e. The van der Waals surface area contributed by atoms with Gasteiger partial charge in [-0.05, 0) is 73.7 Å². The van der Waals surface area contributed by atoms with Gasteiger partial charge in [-0.15, -0.1) is 0 Å². The fraction of sp³-hybridized carbons (Fsp3) is 0.0417. The van der Waals surface area contributed by atoms with Crippen LogP contribution < -0.4 is 10.0 Å². The van der Waals surface area contributed by atoms with Gasteiger partial charge in [0.2, 0.25) is 0 Å². The van der Waals surface area contributed by atoms with Crippen LogP contribution in [0.25, 0.3) is 16.7 Å². The lowest BCUT2D eigenvalue weighted by molar-refractivity contribution is 0.102. The molecule has 11 heteroatoms. The standard InChI is InChI=1S/C24H18FN5O4S/c1-15-26-21-11-2-16(14-22(21)30(15)19-7-3-17(25)4-8-19)24(31)27-18-5-9-20(10-6-18)35(32,33)29-23-12-13-34-28-23/h2-14H,1H3,(H,27,31)(H,28,29). The van der Waals surface area contributed by atoms with Gasteiger partial charge in [0.15, 0.2) is 5.82 Å². The average molecular weight is 492 g/mol. The van der Waals surface area contributed by atoms with Crippen molar-refractivity contribution >= 4 is 38.5 Å². The Morgan fingerprint density at radius 3 is 2.43 bits per heavy atom. The Balaban J connectivity index is 1.38. The van der Waals surface area contributed by atoms with Crippen LogP contribution in [0.4, 0.5) is 15.9 Å². The van der Waals surface area contributed by atoms with E-state index in [0.29, 0.717) is 28.1 Å². The first-order chi connectivity index (χ1) is 16.8. The Kier molecular flexibility index (Phi) is 5.53. The van der Waals surface area contributed by atoms with Crippen LogP contribution in [0.15, 0.2) is 88.5 Å². The maximum Gasteiger partial charge on any atom is 0.263 e. The van der Waals surface area contributed by atoms with Crippen LogP contribution in [0.2, 0.25) is 0 Å². The number of benzene rings is 3. The Bertz CT molecular complexity index is 1630. The third-order valence-electron chi connectivity index (χ3n) is 5.27. The van der Waals surface area contributed by atoms with Gasteiger partial charge >= 0.3 is 0 Å². The van der Waals surface area contributed by atoms with E-state index in [1.54, 1.807) is 30.3 Å². The van der Waals surface area contributed by atoms with Crippen molar-refractivity contribution in [2.24, 2.45) is 0 Å². The molecular formula is C24H18FN5O4S. The highest BCUT2D eigenvalue weighted by molar-refractivity contribution is 7.92. The molecule has 1 amide bonds. The quantitative estimate of drug-likeness (QED) is 0.361. The molecule has 0 saturated carbocycles. The number of aryl methyl sites for hydroxylation is 1. The van der Waals surface area contributed by atoms with E-state index in [1.165, 1.54) is 48.7 Å². The van der Waals surface area contributed by atoms with Crippen LogP contribution >= 0.6 is 0 Å². The Morgan fingerprint density at radius 2 is 1.74 bits per heavy atom. The van der Waals surface area contributed by atoms with Crippen molar-refractivity contribution in [3.8, 4) is 5.69 Å². The summed E-state index contributed by atoms with van der Waals surface area (Å²) >= 11 is 0. The van der Waals surface area contributed by atoms with Crippen LogP contribution in [-0.4, -0.2) is 29.0 Å². The summed E-state index contributed by atoms with van der Waals surface area (Å²) < 4.78 is 47.0. The van der Waals surface area contributed by atoms with E-state index in [-0.39, 0.29) is 22.4 Å². The second-order valence-corrected chi connectivity index (χ2v) is 9.33. The Labute approximate surface area is 199 Å². The molecule has 0 aliphatic rings. The minimum absolute atomic E-state index is 0.00130. The SMILES string of the molecule is Cc1nc2ccc(C(=O)Nc3ccc(S(=O)(=O)Nc4ccon4)cc3)cc2n1-c1ccc(F)cc1. The molecule has 2 aromatic heterocycles. The van der Waals surface area contributed by atoms with Crippen molar-refractivity contribution in [2.45, 2.75) is 11.8 Å². The monoisotopic (exact) mass is 491 g/mol. The number of halogens is 1. The van der Waals surface area contributed by atoms with Crippen molar-refractivity contribution in [3.63, 3.8) is 0 Å². The lowest BCUT2D eigenvalue weighted by Gasteiger charge is -2.09. The van der Waals surface area contributed by atoms with E-state index < -0.39 is 10.0 Å². The number of nitrogens with one attached hydrogen (secondary N) is 2. The zero-order valence-corrected chi connectivity index (χ0v) is 19.1. The molecule has 0 radical (unpaired) electrons. The topological polar surface area (TPSA) is 119 Å². The summed E-state index contributed by atoms with van der Waals surface area (Å²) in [4.78, 5) is 17.4. The molecule has 0 aliphatic heterocycles. The van der Waals surface area contributed by atoms with Crippen molar-refractivity contribution in [1.29, 1.82) is 0 Å². The Hall–Kier alpha value is -4.51. The van der Waals surface area contributed by atoms with Crippen LogP contribution in [0, 0.1) is 12.7 Å². The number of anilines is 2. The van der Waals surface area contributed by atoms with E-state index in [4.69, 9.17) is 0 Å². The van der Waals surface area contributed by atoms with Crippen molar-refractivity contribution in [2.75, 3.05) is 10.0 Å². The van der Waals surface area contributed by atoms with Crippen LogP contribution in [0.5, 0.6) is 0 Å². The highest BCUT2D eigenvalue weighted by Gasteiger charge is 2.17. The summed E-state index contributed by atoms with van der Waals surface area (Å²) in [5.41, 5.74) is 2.91. The molecule has 35 heavy (non-hydrogen) atoms. The average Bonchev–Trinajstić information content (AvgIpc) is 3.46. The maximum atomic E-state index is 13.4. The number of amides is 1. The minimum atomic E-state index is -3.85. The molecule has 2 heterocycles. The second kappa shape index (κ2) is 8.69. The summed E-state index contributed by atoms with van der Waals surface area (Å²) in [5.74, 6) is 0.0319. The smallest absolute Gasteiger partial charge is 0.263 e. The highest BCUT2D eigenvalue weighted by Crippen LogP contribution is 2.24. The van der Waals surface area contributed by atoms with Gasteiger partial charge in [0.05, 0.1) is 15.9 Å². The predicted molar refractivity (Wildman–Crippen MR) is 127 cm³/mol. The summed E-state index contributed by atoms with van der Waals surface area (Å²) in [7, 11) is -3.85. The third kappa shape index (κ3) is 4.49. The third-order valence-corrected chi connectivity index (χ3v) is 6.64. The number of carbonyl (C=O) groups excluding carboxylic acids is 1. The van der Waals surface area contributed by atoms with E-state index in [1.807, 2.05) is 11.5 Å². The molecule has 0 fully saturated rings. The van der Waals surface area contributed by atoms with Gasteiger partial charge in [-0.2, -0.15) is 0 Å². The Morgan fingerprint density at radius 1 is 1.00 bits per heavy atom. The molecule has 0 atom stereocenters. The molecular weight excluding hydrogens is 473 g/mol. The minimum Gasteiger partial charge on any atom is -0.363 e. The summed E-state index contributed by atoms with van der Waals surface area (Å²) in [6, 6.07) is 18.2. The highest BCUT2D eigenvalue weighted by atomic mass is 32.2. The van der Waals surface area contributed by atoms with E-state index >= 15 is 0 Å². The van der Waals surface area contributed by atoms with E-state index in [0.717, 1.165) is 5.69 Å². The predicted octanol–water partition coefficient (Wildman–Crippen LogP) is 4.51. The van der Waals surface area contributed by atoms with Crippen molar-refractivity contribution in [3.05, 3.63) is 96.3 Å². The number of nitrogens with zero attached hydrogens (tertiary/aromatic N) is 3. The first kappa shape index (κ1) is 22.3. The number of hydrogen-bond donors (Lipinski definition) is 2. The zero-order valence-electron chi connectivity index (χ0n) is 18.3. The number of hydrogen-bond acceptors (Lipinski definition) is 6. The number of carbonyl (C=O) groups is 1. The van der Waals surface area contributed by atoms with Crippen molar-refractivity contribution in [1.82, 2.24) is 14.7 Å². The molecule has 176 valence electrons. The molecule has 3 aromatic carbocycles. The van der Waals surface area contributed by atoms with Crippen LogP contribution in [0.1, 0.15) is 16.2 Å². The van der Waals surface area contributed by atoms with Gasteiger partial charge in [0.1, 0.15) is 17.9 Å². The molecule has 9 nitrogen and oxygen atoms in total. The van der Waals surface area contributed by atoms with Gasteiger partial charge in [0, 0.05) is 23.0 Å². The molecule has 5 aromatic rings. The molecule has 2 N–H and O–H groups in total. The summed E-state index contributed by atoms with van der Waals surface area (Å²) in [6.45, 7) is 1.83. The fourth-order valence-electron chi connectivity index (χ4n) is 3.64. The van der Waals surface area contributed by atoms with Crippen LogP contribution in [0.3, 0.4) is 0 Å². The lowest BCUT2D eigenvalue weighted by Crippen LogP contribution is -2.14. The number of rotatable bonds is 6. The molecule has 0 saturated heterocycles. The molecule has 0 unspecified atom stereocenters. The van der Waals surface area contributed by atoms with Gasteiger partial charge in [-0.3, -0.25) is 14.1 Å². The van der Waals surface area contributed by atoms with Crippen LogP contribution in [-0.2, 0) is 10.0 Å². The van der Waals surface area contributed by atoms with Gasteiger partial charge in [0.25, 0.3) is 15.9 Å². The maximum absolute atomic E-state index is 13.4. The number of fused-ring (bicyclic) bond motifs is 1. The zero-order chi connectivity index (χ0) is 24.6.